The highest BCUT2D eigenvalue weighted by atomic mass is 32.2. The Labute approximate surface area is 219 Å². The summed E-state index contributed by atoms with van der Waals surface area (Å²) >= 11 is 0. The minimum Gasteiger partial charge on any atom is -0.494 e. The topological polar surface area (TPSA) is 122 Å². The number of carbonyl (C=O) groups excluding carboxylic acids is 1. The number of benzene rings is 2. The quantitative estimate of drug-likeness (QED) is 0.401. The van der Waals surface area contributed by atoms with Crippen LogP contribution in [0.1, 0.15) is 33.1 Å². The lowest BCUT2D eigenvalue weighted by Gasteiger charge is -2.28. The smallest absolute Gasteiger partial charge is 0.243 e. The van der Waals surface area contributed by atoms with Gasteiger partial charge in [-0.05, 0) is 75.2 Å². The fourth-order valence-electron chi connectivity index (χ4n) is 4.12. The average molecular weight is 554 g/mol. The summed E-state index contributed by atoms with van der Waals surface area (Å²) in [6, 6.07) is 11.7. The van der Waals surface area contributed by atoms with Crippen LogP contribution in [0.25, 0.3) is 0 Å². The zero-order chi connectivity index (χ0) is 27.1. The van der Waals surface area contributed by atoms with Gasteiger partial charge in [-0.1, -0.05) is 6.42 Å². The molecule has 2 aromatic rings. The van der Waals surface area contributed by atoms with Crippen LogP contribution in [-0.2, 0) is 24.8 Å². The van der Waals surface area contributed by atoms with Gasteiger partial charge in [0.15, 0.2) is 0 Å². The van der Waals surface area contributed by atoms with Crippen molar-refractivity contribution in [2.75, 3.05) is 43.4 Å². The van der Waals surface area contributed by atoms with Crippen LogP contribution in [-0.4, -0.2) is 72.2 Å². The van der Waals surface area contributed by atoms with Crippen molar-refractivity contribution in [1.82, 2.24) is 9.62 Å². The van der Waals surface area contributed by atoms with Gasteiger partial charge in [-0.3, -0.25) is 9.10 Å². The summed E-state index contributed by atoms with van der Waals surface area (Å²) in [4.78, 5) is 12.9. The first-order valence-corrected chi connectivity index (χ1v) is 15.6. The Hall–Kier alpha value is -2.83. The monoisotopic (exact) mass is 553 g/mol. The first-order valence-electron chi connectivity index (χ1n) is 12.3. The van der Waals surface area contributed by atoms with E-state index in [1.54, 1.807) is 36.4 Å². The maximum atomic E-state index is 12.8. The summed E-state index contributed by atoms with van der Waals surface area (Å²) in [5.41, 5.74) is 0.351. The van der Waals surface area contributed by atoms with E-state index in [1.165, 1.54) is 23.4 Å². The number of amides is 1. The molecule has 37 heavy (non-hydrogen) atoms. The highest BCUT2D eigenvalue weighted by Crippen LogP contribution is 2.25. The van der Waals surface area contributed by atoms with E-state index in [0.29, 0.717) is 36.9 Å². The molecule has 1 N–H and O–H groups in total. The van der Waals surface area contributed by atoms with Gasteiger partial charge < -0.3 is 14.8 Å². The zero-order valence-corrected chi connectivity index (χ0v) is 23.1. The molecule has 0 unspecified atom stereocenters. The molecule has 1 heterocycles. The largest absolute Gasteiger partial charge is 0.494 e. The van der Waals surface area contributed by atoms with E-state index in [1.807, 2.05) is 6.92 Å². The molecule has 1 aliphatic rings. The van der Waals surface area contributed by atoms with Crippen LogP contribution in [0.5, 0.6) is 11.5 Å². The second kappa shape index (κ2) is 12.6. The standard InChI is InChI=1S/C25H35N3O7S2/c1-4-34-22-10-8-21(9-11-22)28(36(3,30)31)20(2)25(29)26-16-19-35-23-12-14-24(15-13-23)37(32,33)27-17-6-5-7-18-27/h8-15,20H,4-7,16-19H2,1-3H3,(H,26,29)/t20-/m1/s1. The number of carbonyl (C=O) groups is 1. The molecule has 0 aliphatic carbocycles. The van der Waals surface area contributed by atoms with Crippen molar-refractivity contribution in [2.24, 2.45) is 0 Å². The summed E-state index contributed by atoms with van der Waals surface area (Å²) in [6.07, 6.45) is 3.83. The normalized spacial score (nSPS) is 15.5. The van der Waals surface area contributed by atoms with Crippen molar-refractivity contribution in [1.29, 1.82) is 0 Å². The second-order valence-electron chi connectivity index (χ2n) is 8.74. The summed E-state index contributed by atoms with van der Waals surface area (Å²) in [6.45, 7) is 5.18. The molecular formula is C25H35N3O7S2. The number of piperidine rings is 1. The van der Waals surface area contributed by atoms with Crippen molar-refractivity contribution in [3.05, 3.63) is 48.5 Å². The first-order chi connectivity index (χ1) is 17.5. The molecule has 0 spiro atoms. The molecule has 1 fully saturated rings. The van der Waals surface area contributed by atoms with E-state index < -0.39 is 32.0 Å². The van der Waals surface area contributed by atoms with Crippen LogP contribution in [0, 0.1) is 0 Å². The molecule has 0 aromatic heterocycles. The van der Waals surface area contributed by atoms with Crippen LogP contribution < -0.4 is 19.1 Å². The number of nitrogens with one attached hydrogen (secondary N) is 1. The van der Waals surface area contributed by atoms with Gasteiger partial charge in [-0.25, -0.2) is 16.8 Å². The maximum Gasteiger partial charge on any atom is 0.243 e. The lowest BCUT2D eigenvalue weighted by atomic mass is 10.2. The van der Waals surface area contributed by atoms with E-state index in [9.17, 15) is 21.6 Å². The number of anilines is 1. The molecule has 10 nitrogen and oxygen atoms in total. The van der Waals surface area contributed by atoms with Crippen LogP contribution in [0.2, 0.25) is 0 Å². The number of ether oxygens (including phenoxy) is 2. The van der Waals surface area contributed by atoms with Gasteiger partial charge in [0.25, 0.3) is 0 Å². The van der Waals surface area contributed by atoms with Crippen LogP contribution in [0.4, 0.5) is 5.69 Å². The van der Waals surface area contributed by atoms with Crippen LogP contribution in [0.15, 0.2) is 53.4 Å². The number of rotatable bonds is 12. The summed E-state index contributed by atoms with van der Waals surface area (Å²) in [7, 11) is -7.25. The number of hydrogen-bond donors (Lipinski definition) is 1. The van der Waals surface area contributed by atoms with E-state index in [2.05, 4.69) is 5.32 Å². The van der Waals surface area contributed by atoms with Crippen LogP contribution >= 0.6 is 0 Å². The molecular weight excluding hydrogens is 518 g/mol. The molecule has 3 rings (SSSR count). The average Bonchev–Trinajstić information content (AvgIpc) is 2.88. The third-order valence-corrected chi connectivity index (χ3v) is 9.09. The number of hydrogen-bond acceptors (Lipinski definition) is 7. The lowest BCUT2D eigenvalue weighted by Crippen LogP contribution is -2.48. The van der Waals surface area contributed by atoms with Crippen molar-refractivity contribution in [3.63, 3.8) is 0 Å². The minimum absolute atomic E-state index is 0.124. The Bertz CT molecular complexity index is 1240. The molecule has 0 radical (unpaired) electrons. The zero-order valence-electron chi connectivity index (χ0n) is 21.4. The van der Waals surface area contributed by atoms with Gasteiger partial charge in [-0.15, -0.1) is 0 Å². The molecule has 0 bridgehead atoms. The van der Waals surface area contributed by atoms with Gasteiger partial charge in [-0.2, -0.15) is 4.31 Å². The Morgan fingerprint density at radius 3 is 2.08 bits per heavy atom. The summed E-state index contributed by atoms with van der Waals surface area (Å²) in [5, 5.41) is 2.69. The molecule has 1 atom stereocenters. The van der Waals surface area contributed by atoms with Crippen molar-refractivity contribution >= 4 is 31.6 Å². The third-order valence-electron chi connectivity index (χ3n) is 5.94. The predicted octanol–water partition coefficient (Wildman–Crippen LogP) is 2.61. The van der Waals surface area contributed by atoms with E-state index in [0.717, 1.165) is 29.8 Å². The highest BCUT2D eigenvalue weighted by Gasteiger charge is 2.29. The van der Waals surface area contributed by atoms with Crippen molar-refractivity contribution in [3.8, 4) is 11.5 Å². The Kier molecular flexibility index (Phi) is 9.80. The van der Waals surface area contributed by atoms with Gasteiger partial charge in [0.1, 0.15) is 24.1 Å². The van der Waals surface area contributed by atoms with Gasteiger partial charge >= 0.3 is 0 Å². The molecule has 0 saturated carbocycles. The molecule has 204 valence electrons. The lowest BCUT2D eigenvalue weighted by molar-refractivity contribution is -0.121. The fraction of sp³-hybridized carbons (Fsp3) is 0.480. The Morgan fingerprint density at radius 1 is 0.946 bits per heavy atom. The van der Waals surface area contributed by atoms with Gasteiger partial charge in [0.05, 0.1) is 30.0 Å². The van der Waals surface area contributed by atoms with Gasteiger partial charge in [0.2, 0.25) is 26.0 Å². The molecule has 2 aromatic carbocycles. The maximum absolute atomic E-state index is 12.8. The summed E-state index contributed by atoms with van der Waals surface area (Å²) in [5.74, 6) is 0.587. The van der Waals surface area contributed by atoms with E-state index in [-0.39, 0.29) is 18.0 Å². The molecule has 1 amide bonds. The third kappa shape index (κ3) is 7.59. The number of nitrogens with zero attached hydrogens (tertiary/aromatic N) is 2. The van der Waals surface area contributed by atoms with Crippen molar-refractivity contribution < 1.29 is 31.1 Å². The first kappa shape index (κ1) is 28.7. The predicted molar refractivity (Wildman–Crippen MR) is 142 cm³/mol. The Balaban J connectivity index is 1.53. The fourth-order valence-corrected chi connectivity index (χ4v) is 6.81. The minimum atomic E-state index is -3.74. The van der Waals surface area contributed by atoms with Crippen LogP contribution in [0.3, 0.4) is 0 Å². The van der Waals surface area contributed by atoms with Gasteiger partial charge in [0, 0.05) is 13.1 Å². The van der Waals surface area contributed by atoms with Crippen molar-refractivity contribution in [2.45, 2.75) is 44.0 Å². The number of sulfonamides is 2. The molecule has 1 aliphatic heterocycles. The molecule has 1 saturated heterocycles. The summed E-state index contributed by atoms with van der Waals surface area (Å²) < 4.78 is 64.0. The van der Waals surface area contributed by atoms with E-state index >= 15 is 0 Å². The highest BCUT2D eigenvalue weighted by molar-refractivity contribution is 7.92. The SMILES string of the molecule is CCOc1ccc(N([C@H](C)C(=O)NCCOc2ccc(S(=O)(=O)N3CCCCC3)cc2)S(C)(=O)=O)cc1. The second-order valence-corrected chi connectivity index (χ2v) is 12.5. The molecule has 12 heteroatoms. The Morgan fingerprint density at radius 2 is 1.51 bits per heavy atom. The van der Waals surface area contributed by atoms with E-state index in [4.69, 9.17) is 9.47 Å².